The third-order valence-corrected chi connectivity index (χ3v) is 10.6. The van der Waals surface area contributed by atoms with E-state index in [0.717, 1.165) is 40.0 Å². The molecule has 1 heterocycles. The Bertz CT molecular complexity index is 2060. The maximum atomic E-state index is 12.9. The quantitative estimate of drug-likeness (QED) is 0.104. The van der Waals surface area contributed by atoms with Gasteiger partial charge in [0.2, 0.25) is 0 Å². The number of anilines is 1. The highest BCUT2D eigenvalue weighted by atomic mass is 79.9. The van der Waals surface area contributed by atoms with E-state index in [4.69, 9.17) is 31.5 Å². The second kappa shape index (κ2) is 19.1. The zero-order valence-electron chi connectivity index (χ0n) is 31.1. The number of aromatic nitrogens is 1. The van der Waals surface area contributed by atoms with Crippen molar-refractivity contribution in [2.45, 2.75) is 71.6 Å². The highest BCUT2D eigenvalue weighted by Crippen LogP contribution is 2.31. The molecule has 5 aromatic rings. The molecule has 0 saturated heterocycles. The van der Waals surface area contributed by atoms with E-state index < -0.39 is 18.0 Å². The molecule has 6 rings (SSSR count). The van der Waals surface area contributed by atoms with Crippen LogP contribution in [0.3, 0.4) is 0 Å². The summed E-state index contributed by atoms with van der Waals surface area (Å²) < 4.78 is 18.5. The monoisotopic (exact) mass is 815 g/mol. The van der Waals surface area contributed by atoms with Crippen LogP contribution in [0.1, 0.15) is 89.6 Å². The number of fused-ring (bicyclic) bond motifs is 1. The SMILES string of the molecule is CCN(Cc1cc(C(=O)OCC(OC(C)=O)c2ccccc2)cc(Br)c1N)C1CCCCC1.COc1ccc2c(c1)cc(C)n2C(=O)c1ccc(Cl)cc1. The lowest BCUT2D eigenvalue weighted by Gasteiger charge is -2.34. The van der Waals surface area contributed by atoms with Gasteiger partial charge in [-0.15, -0.1) is 0 Å². The number of ether oxygens (including phenoxy) is 3. The molecule has 11 heteroatoms. The normalized spacial score (nSPS) is 13.5. The zero-order valence-corrected chi connectivity index (χ0v) is 33.5. The van der Waals surface area contributed by atoms with Crippen LogP contribution in [0.15, 0.2) is 95.5 Å². The van der Waals surface area contributed by atoms with Crippen molar-refractivity contribution in [1.29, 1.82) is 0 Å². The lowest BCUT2D eigenvalue weighted by molar-refractivity contribution is -0.149. The van der Waals surface area contributed by atoms with Crippen molar-refractivity contribution in [3.8, 4) is 5.75 Å². The number of methoxy groups -OCH3 is 1. The summed E-state index contributed by atoms with van der Waals surface area (Å²) in [6.45, 7) is 6.97. The van der Waals surface area contributed by atoms with Crippen LogP contribution >= 0.6 is 27.5 Å². The molecule has 1 aliphatic rings. The van der Waals surface area contributed by atoms with Gasteiger partial charge in [0.15, 0.2) is 6.10 Å². The van der Waals surface area contributed by atoms with Gasteiger partial charge in [0.25, 0.3) is 5.91 Å². The van der Waals surface area contributed by atoms with Crippen molar-refractivity contribution in [3.63, 3.8) is 0 Å². The largest absolute Gasteiger partial charge is 0.497 e. The minimum atomic E-state index is -0.661. The molecule has 1 aliphatic carbocycles. The number of carbonyl (C=O) groups is 3. The molecule has 0 radical (unpaired) electrons. The third kappa shape index (κ3) is 10.3. The van der Waals surface area contributed by atoms with Crippen molar-refractivity contribution < 1.29 is 28.6 Å². The fraction of sp³-hybridized carbons (Fsp3) is 0.326. The number of halogens is 2. The Labute approximate surface area is 330 Å². The number of nitrogens with zero attached hydrogens (tertiary/aromatic N) is 2. The molecule has 0 aliphatic heterocycles. The van der Waals surface area contributed by atoms with Crippen LogP contribution in [0.4, 0.5) is 5.69 Å². The first-order chi connectivity index (χ1) is 26.0. The number of nitrogens with two attached hydrogens (primary N) is 1. The lowest BCUT2D eigenvalue weighted by atomic mass is 9.93. The summed E-state index contributed by atoms with van der Waals surface area (Å²) in [5.41, 5.74) is 11.5. The number of benzene rings is 4. The molecule has 1 atom stereocenters. The van der Waals surface area contributed by atoms with Gasteiger partial charge in [0.05, 0.1) is 23.9 Å². The van der Waals surface area contributed by atoms with Crippen LogP contribution in [0.5, 0.6) is 5.75 Å². The average molecular weight is 817 g/mol. The van der Waals surface area contributed by atoms with Crippen LogP contribution in [0, 0.1) is 6.92 Å². The van der Waals surface area contributed by atoms with Crippen molar-refractivity contribution in [1.82, 2.24) is 9.47 Å². The molecule has 1 aromatic heterocycles. The molecule has 0 bridgehead atoms. The van der Waals surface area contributed by atoms with Gasteiger partial charge in [-0.1, -0.05) is 68.1 Å². The first-order valence-electron chi connectivity index (χ1n) is 18.2. The van der Waals surface area contributed by atoms with Gasteiger partial charge in [-0.3, -0.25) is 19.1 Å². The second-order valence-electron chi connectivity index (χ2n) is 13.4. The molecule has 9 nitrogen and oxygen atoms in total. The first-order valence-corrected chi connectivity index (χ1v) is 19.3. The van der Waals surface area contributed by atoms with E-state index in [-0.39, 0.29) is 12.5 Å². The summed E-state index contributed by atoms with van der Waals surface area (Å²) in [5.74, 6) is -0.200. The fourth-order valence-corrected chi connectivity index (χ4v) is 7.47. The van der Waals surface area contributed by atoms with Crippen LogP contribution in [0.2, 0.25) is 5.02 Å². The zero-order chi connectivity index (χ0) is 38.8. The number of carbonyl (C=O) groups excluding carboxylic acids is 3. The Hall–Kier alpha value is -4.64. The predicted octanol–water partition coefficient (Wildman–Crippen LogP) is 9.95. The van der Waals surface area contributed by atoms with Gasteiger partial charge in [0, 0.05) is 45.6 Å². The lowest BCUT2D eigenvalue weighted by Crippen LogP contribution is -2.36. The Morgan fingerprint density at radius 2 is 1.65 bits per heavy atom. The molecule has 1 unspecified atom stereocenters. The maximum absolute atomic E-state index is 12.9. The molecular formula is C43H47BrClN3O6. The van der Waals surface area contributed by atoms with Crippen molar-refractivity contribution in [2.24, 2.45) is 0 Å². The first kappa shape index (κ1) is 40.5. The van der Waals surface area contributed by atoms with E-state index >= 15 is 0 Å². The molecule has 0 amide bonds. The molecule has 1 saturated carbocycles. The van der Waals surface area contributed by atoms with E-state index in [0.29, 0.717) is 38.9 Å². The minimum absolute atomic E-state index is 0.0654. The van der Waals surface area contributed by atoms with Gasteiger partial charge >= 0.3 is 11.9 Å². The van der Waals surface area contributed by atoms with Gasteiger partial charge in [0.1, 0.15) is 12.4 Å². The average Bonchev–Trinajstić information content (AvgIpc) is 3.52. The summed E-state index contributed by atoms with van der Waals surface area (Å²) in [5, 5.41) is 1.60. The molecule has 2 N–H and O–H groups in total. The number of hydrogen-bond acceptors (Lipinski definition) is 8. The van der Waals surface area contributed by atoms with Crippen LogP contribution in [0.25, 0.3) is 10.9 Å². The smallest absolute Gasteiger partial charge is 0.338 e. The van der Waals surface area contributed by atoms with Crippen LogP contribution in [-0.4, -0.2) is 53.6 Å². The Morgan fingerprint density at radius 1 is 0.944 bits per heavy atom. The van der Waals surface area contributed by atoms with E-state index in [9.17, 15) is 14.4 Å². The van der Waals surface area contributed by atoms with Gasteiger partial charge < -0.3 is 19.9 Å². The van der Waals surface area contributed by atoms with Crippen molar-refractivity contribution in [2.75, 3.05) is 26.0 Å². The van der Waals surface area contributed by atoms with Gasteiger partial charge in [-0.25, -0.2) is 4.79 Å². The van der Waals surface area contributed by atoms with Crippen molar-refractivity contribution in [3.05, 3.63) is 128 Å². The number of esters is 2. The summed E-state index contributed by atoms with van der Waals surface area (Å²) in [4.78, 5) is 39.6. The fourth-order valence-electron chi connectivity index (χ4n) is 6.84. The number of hydrogen-bond donors (Lipinski definition) is 1. The summed E-state index contributed by atoms with van der Waals surface area (Å²) in [7, 11) is 1.63. The van der Waals surface area contributed by atoms with E-state index in [1.807, 2.05) is 67.6 Å². The topological polar surface area (TPSA) is 113 Å². The highest BCUT2D eigenvalue weighted by molar-refractivity contribution is 9.10. The standard InChI is InChI=1S/C26H33BrN2O4.C17H14ClNO2/c1-3-29(22-12-8-5-9-13-22)16-21-14-20(15-23(27)25(21)28)26(31)32-17-24(33-18(2)30)19-10-6-4-7-11-19;1-11-9-13-10-15(21-2)7-8-16(13)19(11)17(20)12-3-5-14(18)6-4-12/h4,6-7,10-11,14-15,22,24H,3,5,8-9,12-13,16-17,28H2,1-2H3;3-10H,1-2H3. The Balaban J connectivity index is 0.000000228. The Morgan fingerprint density at radius 3 is 2.30 bits per heavy atom. The molecule has 284 valence electrons. The molecule has 54 heavy (non-hydrogen) atoms. The predicted molar refractivity (Wildman–Crippen MR) is 217 cm³/mol. The number of nitrogen functional groups attached to an aromatic ring is 1. The van der Waals surface area contributed by atoms with E-state index in [1.165, 1.54) is 39.0 Å². The molecular weight excluding hydrogens is 770 g/mol. The Kier molecular flexibility index (Phi) is 14.3. The van der Waals surface area contributed by atoms with E-state index in [1.54, 1.807) is 42.0 Å². The highest BCUT2D eigenvalue weighted by Gasteiger charge is 2.23. The molecule has 0 spiro atoms. The summed E-state index contributed by atoms with van der Waals surface area (Å²) in [6, 6.07) is 27.9. The maximum Gasteiger partial charge on any atom is 0.338 e. The van der Waals surface area contributed by atoms with Crippen molar-refractivity contribution >= 4 is 62.0 Å². The summed E-state index contributed by atoms with van der Waals surface area (Å²) in [6.07, 6.45) is 5.57. The molecule has 1 fully saturated rings. The number of aryl methyl sites for hydroxylation is 1. The van der Waals surface area contributed by atoms with E-state index in [2.05, 4.69) is 27.8 Å². The van der Waals surface area contributed by atoms with Gasteiger partial charge in [-0.05, 0) is 114 Å². The second-order valence-corrected chi connectivity index (χ2v) is 14.6. The summed E-state index contributed by atoms with van der Waals surface area (Å²) >= 11 is 9.37. The number of rotatable bonds is 11. The van der Waals surface area contributed by atoms with Crippen LogP contribution < -0.4 is 10.5 Å². The third-order valence-electron chi connectivity index (χ3n) is 9.65. The molecule has 4 aromatic carbocycles. The van der Waals surface area contributed by atoms with Crippen LogP contribution in [-0.2, 0) is 20.8 Å². The minimum Gasteiger partial charge on any atom is -0.497 e. The van der Waals surface area contributed by atoms with Gasteiger partial charge in [-0.2, -0.15) is 0 Å².